The second-order valence-electron chi connectivity index (χ2n) is 7.66. The van der Waals surface area contributed by atoms with Crippen molar-refractivity contribution in [3.8, 4) is 0 Å². The number of unbranched alkanes of at least 4 members (excludes halogenated alkanes) is 1. The van der Waals surface area contributed by atoms with E-state index in [-0.39, 0.29) is 17.8 Å². The summed E-state index contributed by atoms with van der Waals surface area (Å²) in [5.41, 5.74) is 2.52. The van der Waals surface area contributed by atoms with Gasteiger partial charge in [0.25, 0.3) is 0 Å². The second-order valence-corrected chi connectivity index (χ2v) is 8.02. The Morgan fingerprint density at radius 1 is 1.32 bits per heavy atom. The third-order valence-electron chi connectivity index (χ3n) is 5.45. The van der Waals surface area contributed by atoms with Gasteiger partial charge in [0.15, 0.2) is 0 Å². The summed E-state index contributed by atoms with van der Waals surface area (Å²) >= 11 is 6.44. The number of halogens is 2. The smallest absolute Gasteiger partial charge is 0.244 e. The number of nitrogens with zero attached hydrogens (tertiary/aromatic N) is 3. The predicted octanol–water partition coefficient (Wildman–Crippen LogP) is 3.99. The molecule has 2 heterocycles. The van der Waals surface area contributed by atoms with Crippen LogP contribution < -0.4 is 5.32 Å². The largest absolute Gasteiger partial charge is 0.379 e. The molecule has 1 amide bonds. The highest BCUT2D eigenvalue weighted by atomic mass is 35.5. The third kappa shape index (κ3) is 6.38. The molecule has 0 aliphatic carbocycles. The van der Waals surface area contributed by atoms with E-state index >= 15 is 0 Å². The van der Waals surface area contributed by atoms with Crippen LogP contribution in [0.25, 0.3) is 6.08 Å². The molecular formula is C23H30ClFN4O2. The van der Waals surface area contributed by atoms with E-state index in [0.717, 1.165) is 49.3 Å². The fourth-order valence-corrected chi connectivity index (χ4v) is 3.98. The van der Waals surface area contributed by atoms with E-state index < -0.39 is 0 Å². The van der Waals surface area contributed by atoms with Gasteiger partial charge in [-0.2, -0.15) is 5.10 Å². The van der Waals surface area contributed by atoms with E-state index in [1.807, 2.05) is 6.92 Å². The molecule has 0 spiro atoms. The van der Waals surface area contributed by atoms with Gasteiger partial charge in [-0.1, -0.05) is 37.1 Å². The minimum atomic E-state index is -0.275. The van der Waals surface area contributed by atoms with E-state index in [2.05, 4.69) is 22.2 Å². The molecular weight excluding hydrogens is 419 g/mol. The summed E-state index contributed by atoms with van der Waals surface area (Å²) in [5, 5.41) is 7.98. The van der Waals surface area contributed by atoms with Crippen molar-refractivity contribution in [1.82, 2.24) is 20.0 Å². The Kier molecular flexibility index (Phi) is 8.63. The summed E-state index contributed by atoms with van der Waals surface area (Å²) in [7, 11) is 0. The summed E-state index contributed by atoms with van der Waals surface area (Å²) in [6.07, 6.45) is 5.25. The molecule has 0 bridgehead atoms. The summed E-state index contributed by atoms with van der Waals surface area (Å²) in [4.78, 5) is 14.8. The van der Waals surface area contributed by atoms with E-state index in [9.17, 15) is 9.18 Å². The topological polar surface area (TPSA) is 59.4 Å². The molecule has 1 unspecified atom stereocenters. The van der Waals surface area contributed by atoms with Gasteiger partial charge in [0.05, 0.1) is 24.9 Å². The van der Waals surface area contributed by atoms with Gasteiger partial charge < -0.3 is 10.1 Å². The molecule has 3 rings (SSSR count). The number of aromatic nitrogens is 2. The number of ether oxygens (including phenoxy) is 1. The molecule has 6 nitrogen and oxygen atoms in total. The molecule has 8 heteroatoms. The molecule has 1 aromatic carbocycles. The van der Waals surface area contributed by atoms with Gasteiger partial charge in [-0.15, -0.1) is 0 Å². The van der Waals surface area contributed by atoms with Crippen molar-refractivity contribution < 1.29 is 13.9 Å². The lowest BCUT2D eigenvalue weighted by atomic mass is 10.0. The van der Waals surface area contributed by atoms with Crippen molar-refractivity contribution in [3.63, 3.8) is 0 Å². The van der Waals surface area contributed by atoms with Crippen LogP contribution in [0.3, 0.4) is 0 Å². The lowest BCUT2D eigenvalue weighted by molar-refractivity contribution is -0.116. The van der Waals surface area contributed by atoms with Gasteiger partial charge in [-0.25, -0.2) is 4.39 Å². The third-order valence-corrected chi connectivity index (χ3v) is 5.84. The molecule has 1 N–H and O–H groups in total. The zero-order chi connectivity index (χ0) is 22.2. The molecule has 2 aromatic rings. The van der Waals surface area contributed by atoms with Crippen LogP contribution in [0.15, 0.2) is 30.3 Å². The standard InChI is InChI=1S/C23H30ClFN4O2/c1-3-4-11-29-23(24)20(17(2)27-29)9-10-22(30)26-16-21(28-12-14-31-15-13-28)18-5-7-19(25)8-6-18/h5-10,21H,3-4,11-16H2,1-2H3,(H,26,30)/b10-9+. The molecule has 31 heavy (non-hydrogen) atoms. The van der Waals surface area contributed by atoms with E-state index in [4.69, 9.17) is 16.3 Å². The summed E-state index contributed by atoms with van der Waals surface area (Å²) < 4.78 is 20.6. The SMILES string of the molecule is CCCCn1nc(C)c(/C=C/C(=O)NCC(c2ccc(F)cc2)N2CCOCC2)c1Cl. The maximum absolute atomic E-state index is 13.4. The average Bonchev–Trinajstić information content (AvgIpc) is 3.05. The van der Waals surface area contributed by atoms with Gasteiger partial charge >= 0.3 is 0 Å². The van der Waals surface area contributed by atoms with Crippen LogP contribution in [0, 0.1) is 12.7 Å². The zero-order valence-corrected chi connectivity index (χ0v) is 18.9. The highest BCUT2D eigenvalue weighted by molar-refractivity contribution is 6.31. The fraction of sp³-hybridized carbons (Fsp3) is 0.478. The van der Waals surface area contributed by atoms with Crippen LogP contribution in [0.1, 0.15) is 42.6 Å². The number of hydrogen-bond donors (Lipinski definition) is 1. The summed E-state index contributed by atoms with van der Waals surface area (Å²) in [6.45, 7) is 7.99. The number of nitrogens with one attached hydrogen (secondary N) is 1. The normalized spacial score (nSPS) is 16.0. The number of aryl methyl sites for hydroxylation is 2. The number of hydrogen-bond acceptors (Lipinski definition) is 4. The summed E-state index contributed by atoms with van der Waals surface area (Å²) in [5.74, 6) is -0.486. The van der Waals surface area contributed by atoms with Crippen molar-refractivity contribution >= 4 is 23.6 Å². The lowest BCUT2D eigenvalue weighted by Crippen LogP contribution is -2.43. The molecule has 1 aliphatic heterocycles. The van der Waals surface area contributed by atoms with Gasteiger partial charge in [0.1, 0.15) is 11.0 Å². The zero-order valence-electron chi connectivity index (χ0n) is 18.1. The van der Waals surface area contributed by atoms with Gasteiger partial charge in [-0.3, -0.25) is 14.4 Å². The monoisotopic (exact) mass is 448 g/mol. The first-order valence-corrected chi connectivity index (χ1v) is 11.1. The van der Waals surface area contributed by atoms with Crippen LogP contribution in [0.2, 0.25) is 5.15 Å². The van der Waals surface area contributed by atoms with Crippen molar-refractivity contribution in [3.05, 3.63) is 58.1 Å². The molecule has 1 atom stereocenters. The van der Waals surface area contributed by atoms with Crippen LogP contribution in [-0.2, 0) is 16.1 Å². The highest BCUT2D eigenvalue weighted by Gasteiger charge is 2.23. The van der Waals surface area contributed by atoms with Crippen LogP contribution in [0.5, 0.6) is 0 Å². The van der Waals surface area contributed by atoms with Crippen LogP contribution >= 0.6 is 11.6 Å². The molecule has 0 radical (unpaired) electrons. The van der Waals surface area contributed by atoms with Crippen molar-refractivity contribution in [2.75, 3.05) is 32.8 Å². The molecule has 1 aliphatic rings. The first-order chi connectivity index (χ1) is 15.0. The number of carbonyl (C=O) groups excluding carboxylic acids is 1. The number of rotatable bonds is 9. The maximum Gasteiger partial charge on any atom is 0.244 e. The molecule has 0 saturated carbocycles. The molecule has 1 fully saturated rings. The molecule has 1 saturated heterocycles. The minimum Gasteiger partial charge on any atom is -0.379 e. The van der Waals surface area contributed by atoms with Gasteiger partial charge in [-0.05, 0) is 37.1 Å². The van der Waals surface area contributed by atoms with Crippen molar-refractivity contribution in [1.29, 1.82) is 0 Å². The fourth-order valence-electron chi connectivity index (χ4n) is 3.66. The lowest BCUT2D eigenvalue weighted by Gasteiger charge is -2.34. The quantitative estimate of drug-likeness (QED) is 0.589. The highest BCUT2D eigenvalue weighted by Crippen LogP contribution is 2.23. The van der Waals surface area contributed by atoms with Gasteiger partial charge in [0.2, 0.25) is 5.91 Å². The Labute approximate surface area is 188 Å². The van der Waals surface area contributed by atoms with Crippen LogP contribution in [-0.4, -0.2) is 53.4 Å². The van der Waals surface area contributed by atoms with Crippen LogP contribution in [0.4, 0.5) is 4.39 Å². The number of morpholine rings is 1. The average molecular weight is 449 g/mol. The first-order valence-electron chi connectivity index (χ1n) is 10.8. The molecule has 168 valence electrons. The van der Waals surface area contributed by atoms with E-state index in [0.29, 0.717) is 24.9 Å². The van der Waals surface area contributed by atoms with E-state index in [1.165, 1.54) is 18.2 Å². The Morgan fingerprint density at radius 2 is 2.03 bits per heavy atom. The number of carbonyl (C=O) groups is 1. The Balaban J connectivity index is 1.65. The number of amides is 1. The maximum atomic E-state index is 13.4. The first kappa shape index (κ1) is 23.4. The Morgan fingerprint density at radius 3 is 2.71 bits per heavy atom. The summed E-state index contributed by atoms with van der Waals surface area (Å²) in [6, 6.07) is 6.39. The Bertz CT molecular complexity index is 892. The van der Waals surface area contributed by atoms with Crippen molar-refractivity contribution in [2.24, 2.45) is 0 Å². The van der Waals surface area contributed by atoms with Crippen molar-refractivity contribution in [2.45, 2.75) is 39.3 Å². The Hall–Kier alpha value is -2.22. The van der Waals surface area contributed by atoms with Gasteiger partial charge in [0, 0.05) is 37.8 Å². The predicted molar refractivity (Wildman–Crippen MR) is 120 cm³/mol. The van der Waals surface area contributed by atoms with E-state index in [1.54, 1.807) is 22.9 Å². The number of benzene rings is 1. The molecule has 1 aromatic heterocycles. The minimum absolute atomic E-state index is 0.0519. The second kappa shape index (κ2) is 11.4.